The number of furan rings is 1. The van der Waals surface area contributed by atoms with Gasteiger partial charge in [-0.25, -0.2) is 9.59 Å². The maximum Gasteiger partial charge on any atom is 0.374 e. The second-order valence-corrected chi connectivity index (χ2v) is 3.79. The van der Waals surface area contributed by atoms with Gasteiger partial charge in [0.2, 0.25) is 5.76 Å². The number of carbonyl (C=O) groups excluding carboxylic acids is 2. The average Bonchev–Trinajstić information content (AvgIpc) is 2.75. The van der Waals surface area contributed by atoms with Gasteiger partial charge in [0, 0.05) is 5.39 Å². The Morgan fingerprint density at radius 1 is 1.11 bits per heavy atom. The Kier molecular flexibility index (Phi) is 3.06. The lowest BCUT2D eigenvalue weighted by atomic mass is 10.1. The lowest BCUT2D eigenvalue weighted by Gasteiger charge is -1.99. The molecule has 0 fully saturated rings. The van der Waals surface area contributed by atoms with Crippen LogP contribution in [0.2, 0.25) is 0 Å². The number of methoxy groups -OCH3 is 2. The highest BCUT2D eigenvalue weighted by atomic mass is 16.5. The van der Waals surface area contributed by atoms with E-state index in [0.717, 1.165) is 5.56 Å². The molecule has 0 aliphatic carbocycles. The van der Waals surface area contributed by atoms with Gasteiger partial charge in [-0.15, -0.1) is 0 Å². The summed E-state index contributed by atoms with van der Waals surface area (Å²) in [6.45, 7) is 1.89. The second-order valence-electron chi connectivity index (χ2n) is 3.79. The van der Waals surface area contributed by atoms with Crippen LogP contribution in [0.3, 0.4) is 0 Å². The number of aryl methyl sites for hydroxylation is 1. The van der Waals surface area contributed by atoms with Gasteiger partial charge in [-0.2, -0.15) is 0 Å². The van der Waals surface area contributed by atoms with Crippen LogP contribution in [-0.2, 0) is 9.47 Å². The summed E-state index contributed by atoms with van der Waals surface area (Å²) in [5.74, 6) is -1.47. The molecule has 1 heterocycles. The molecule has 1 aromatic heterocycles. The number of hydrogen-bond donors (Lipinski definition) is 0. The van der Waals surface area contributed by atoms with Gasteiger partial charge >= 0.3 is 11.9 Å². The third-order valence-corrected chi connectivity index (χ3v) is 2.61. The van der Waals surface area contributed by atoms with Crippen LogP contribution in [0.4, 0.5) is 0 Å². The Balaban J connectivity index is 2.76. The van der Waals surface area contributed by atoms with E-state index in [1.54, 1.807) is 12.1 Å². The molecule has 1 aromatic carbocycles. The van der Waals surface area contributed by atoms with E-state index in [0.29, 0.717) is 11.0 Å². The van der Waals surface area contributed by atoms with Gasteiger partial charge in [0.1, 0.15) is 11.1 Å². The molecule has 0 saturated carbocycles. The van der Waals surface area contributed by atoms with Crippen LogP contribution in [-0.4, -0.2) is 26.2 Å². The Labute approximate surface area is 103 Å². The summed E-state index contributed by atoms with van der Waals surface area (Å²) in [5.41, 5.74) is 1.51. The molecule has 0 aliphatic rings. The molecule has 0 unspecified atom stereocenters. The van der Waals surface area contributed by atoms with E-state index < -0.39 is 11.9 Å². The quantitative estimate of drug-likeness (QED) is 0.763. The lowest BCUT2D eigenvalue weighted by Crippen LogP contribution is -2.09. The zero-order chi connectivity index (χ0) is 13.3. The van der Waals surface area contributed by atoms with Crippen molar-refractivity contribution in [3.63, 3.8) is 0 Å². The number of hydrogen-bond acceptors (Lipinski definition) is 5. The van der Waals surface area contributed by atoms with Crippen molar-refractivity contribution >= 4 is 22.9 Å². The summed E-state index contributed by atoms with van der Waals surface area (Å²) in [6.07, 6.45) is 0. The Hall–Kier alpha value is -2.30. The van der Waals surface area contributed by atoms with Crippen LogP contribution in [0.25, 0.3) is 11.0 Å². The van der Waals surface area contributed by atoms with Gasteiger partial charge in [0.25, 0.3) is 0 Å². The first kappa shape index (κ1) is 12.2. The zero-order valence-corrected chi connectivity index (χ0v) is 10.3. The molecule has 94 valence electrons. The summed E-state index contributed by atoms with van der Waals surface area (Å²) in [4.78, 5) is 23.3. The minimum absolute atomic E-state index is 0.0966. The summed E-state index contributed by atoms with van der Waals surface area (Å²) in [7, 11) is 2.47. The molecule has 0 bridgehead atoms. The normalized spacial score (nSPS) is 10.4. The molecule has 5 heteroatoms. The average molecular weight is 248 g/mol. The van der Waals surface area contributed by atoms with Crippen LogP contribution >= 0.6 is 0 Å². The van der Waals surface area contributed by atoms with E-state index in [9.17, 15) is 9.59 Å². The smallest absolute Gasteiger partial charge is 0.374 e. The topological polar surface area (TPSA) is 65.7 Å². The molecule has 0 radical (unpaired) electrons. The fourth-order valence-corrected chi connectivity index (χ4v) is 1.74. The maximum absolute atomic E-state index is 11.7. The third-order valence-electron chi connectivity index (χ3n) is 2.61. The van der Waals surface area contributed by atoms with Crippen molar-refractivity contribution in [2.24, 2.45) is 0 Å². The number of carbonyl (C=O) groups is 2. The first-order valence-electron chi connectivity index (χ1n) is 5.28. The van der Waals surface area contributed by atoms with E-state index >= 15 is 0 Å². The van der Waals surface area contributed by atoms with Gasteiger partial charge in [0.15, 0.2) is 0 Å². The van der Waals surface area contributed by atoms with Crippen molar-refractivity contribution in [2.45, 2.75) is 6.92 Å². The predicted octanol–water partition coefficient (Wildman–Crippen LogP) is 2.31. The third kappa shape index (κ3) is 1.84. The minimum Gasteiger partial charge on any atom is -0.465 e. The van der Waals surface area contributed by atoms with E-state index in [1.807, 2.05) is 13.0 Å². The zero-order valence-electron chi connectivity index (χ0n) is 10.3. The standard InChI is InChI=1S/C13H12O5/c1-7-4-5-8-9(6-7)18-11(13(15)17-3)10(8)12(14)16-2/h4-6H,1-3H3. The molecule has 5 nitrogen and oxygen atoms in total. The predicted molar refractivity (Wildman–Crippen MR) is 63.6 cm³/mol. The summed E-state index contributed by atoms with van der Waals surface area (Å²) < 4.78 is 14.6. The van der Waals surface area contributed by atoms with Crippen LogP contribution in [0, 0.1) is 6.92 Å². The summed E-state index contributed by atoms with van der Waals surface area (Å²) in [6, 6.07) is 5.28. The molecule has 2 rings (SSSR count). The highest BCUT2D eigenvalue weighted by Gasteiger charge is 2.26. The molecule has 0 N–H and O–H groups in total. The van der Waals surface area contributed by atoms with E-state index in [2.05, 4.69) is 9.47 Å². The van der Waals surface area contributed by atoms with Crippen molar-refractivity contribution < 1.29 is 23.5 Å². The molecule has 0 spiro atoms. The van der Waals surface area contributed by atoms with Crippen LogP contribution < -0.4 is 0 Å². The van der Waals surface area contributed by atoms with Crippen molar-refractivity contribution in [1.29, 1.82) is 0 Å². The van der Waals surface area contributed by atoms with Gasteiger partial charge in [0.05, 0.1) is 14.2 Å². The van der Waals surface area contributed by atoms with Gasteiger partial charge in [-0.3, -0.25) is 0 Å². The largest absolute Gasteiger partial charge is 0.465 e. The number of fused-ring (bicyclic) bond motifs is 1. The Bertz CT molecular complexity index is 624. The number of benzene rings is 1. The van der Waals surface area contributed by atoms with Crippen molar-refractivity contribution in [3.8, 4) is 0 Å². The summed E-state index contributed by atoms with van der Waals surface area (Å²) in [5, 5.41) is 0.535. The monoisotopic (exact) mass is 248 g/mol. The number of ether oxygens (including phenoxy) is 2. The van der Waals surface area contributed by atoms with Gasteiger partial charge in [-0.05, 0) is 24.6 Å². The SMILES string of the molecule is COC(=O)c1oc2cc(C)ccc2c1C(=O)OC. The molecule has 18 heavy (non-hydrogen) atoms. The molecule has 0 atom stereocenters. The Morgan fingerprint density at radius 2 is 1.78 bits per heavy atom. The first-order chi connectivity index (χ1) is 8.58. The number of esters is 2. The van der Waals surface area contributed by atoms with Crippen LogP contribution in [0.1, 0.15) is 26.5 Å². The highest BCUT2D eigenvalue weighted by molar-refractivity contribution is 6.11. The van der Waals surface area contributed by atoms with E-state index in [1.165, 1.54) is 14.2 Å². The molecule has 2 aromatic rings. The van der Waals surface area contributed by atoms with Crippen molar-refractivity contribution in [3.05, 3.63) is 35.1 Å². The second kappa shape index (κ2) is 4.52. The first-order valence-corrected chi connectivity index (χ1v) is 5.28. The summed E-state index contributed by atoms with van der Waals surface area (Å²) >= 11 is 0. The molecule has 0 amide bonds. The molecular formula is C13H12O5. The van der Waals surface area contributed by atoms with Crippen LogP contribution in [0.15, 0.2) is 22.6 Å². The fraction of sp³-hybridized carbons (Fsp3) is 0.231. The lowest BCUT2D eigenvalue weighted by molar-refractivity contribution is 0.0531. The van der Waals surface area contributed by atoms with Crippen molar-refractivity contribution in [1.82, 2.24) is 0 Å². The van der Waals surface area contributed by atoms with E-state index in [4.69, 9.17) is 4.42 Å². The molecular weight excluding hydrogens is 236 g/mol. The maximum atomic E-state index is 11.7. The molecule has 0 saturated heterocycles. The minimum atomic E-state index is -0.704. The van der Waals surface area contributed by atoms with E-state index in [-0.39, 0.29) is 11.3 Å². The van der Waals surface area contributed by atoms with Crippen molar-refractivity contribution in [2.75, 3.05) is 14.2 Å². The highest BCUT2D eigenvalue weighted by Crippen LogP contribution is 2.28. The van der Waals surface area contributed by atoms with Crippen LogP contribution in [0.5, 0.6) is 0 Å². The Morgan fingerprint density at radius 3 is 2.39 bits per heavy atom. The van der Waals surface area contributed by atoms with Gasteiger partial charge < -0.3 is 13.9 Å². The van der Waals surface area contributed by atoms with Gasteiger partial charge in [-0.1, -0.05) is 6.07 Å². The fourth-order valence-electron chi connectivity index (χ4n) is 1.74. The molecule has 0 aliphatic heterocycles. The number of rotatable bonds is 2.